The van der Waals surface area contributed by atoms with Crippen LogP contribution in [0, 0.1) is 5.41 Å². The van der Waals surface area contributed by atoms with Crippen molar-refractivity contribution in [2.45, 2.75) is 40.2 Å². The largest absolute Gasteiger partial charge is 0.375 e. The SMILES string of the molecule is CC(C)(C)Cc1cc2c([nH]1)COCC2. The first-order valence-electron chi connectivity index (χ1n) is 5.32. The van der Waals surface area contributed by atoms with E-state index in [1.54, 1.807) is 0 Å². The average Bonchev–Trinajstić information content (AvgIpc) is 2.42. The fourth-order valence-electron chi connectivity index (χ4n) is 1.98. The lowest BCUT2D eigenvalue weighted by atomic mass is 9.90. The minimum Gasteiger partial charge on any atom is -0.375 e. The maximum absolute atomic E-state index is 5.41. The number of H-pyrrole nitrogens is 1. The van der Waals surface area contributed by atoms with Gasteiger partial charge in [0, 0.05) is 11.4 Å². The number of fused-ring (bicyclic) bond motifs is 1. The molecule has 0 saturated carbocycles. The van der Waals surface area contributed by atoms with E-state index in [0.717, 1.165) is 26.1 Å². The van der Waals surface area contributed by atoms with E-state index in [1.165, 1.54) is 17.0 Å². The second-order valence-electron chi connectivity index (χ2n) is 5.34. The van der Waals surface area contributed by atoms with Crippen LogP contribution in [0.2, 0.25) is 0 Å². The smallest absolute Gasteiger partial charge is 0.0868 e. The quantitative estimate of drug-likeness (QED) is 0.728. The molecular formula is C12H19NO. The highest BCUT2D eigenvalue weighted by Crippen LogP contribution is 2.24. The predicted octanol–water partition coefficient (Wildman–Crippen LogP) is 2.68. The van der Waals surface area contributed by atoms with Crippen molar-refractivity contribution in [1.29, 1.82) is 0 Å². The van der Waals surface area contributed by atoms with Gasteiger partial charge >= 0.3 is 0 Å². The fraction of sp³-hybridized carbons (Fsp3) is 0.667. The molecule has 0 aliphatic carbocycles. The van der Waals surface area contributed by atoms with Gasteiger partial charge in [-0.25, -0.2) is 0 Å². The molecule has 1 N–H and O–H groups in total. The number of nitrogens with one attached hydrogen (secondary N) is 1. The van der Waals surface area contributed by atoms with E-state index in [4.69, 9.17) is 4.74 Å². The zero-order chi connectivity index (χ0) is 10.2. The highest BCUT2D eigenvalue weighted by Gasteiger charge is 2.17. The summed E-state index contributed by atoms with van der Waals surface area (Å²) in [4.78, 5) is 3.47. The summed E-state index contributed by atoms with van der Waals surface area (Å²) in [6.45, 7) is 8.44. The molecule has 2 nitrogen and oxygen atoms in total. The molecule has 0 atom stereocenters. The Morgan fingerprint density at radius 2 is 2.21 bits per heavy atom. The van der Waals surface area contributed by atoms with E-state index in [2.05, 4.69) is 31.8 Å². The van der Waals surface area contributed by atoms with Crippen molar-refractivity contribution in [3.63, 3.8) is 0 Å². The molecule has 2 heteroatoms. The summed E-state index contributed by atoms with van der Waals surface area (Å²) in [5.74, 6) is 0. The van der Waals surface area contributed by atoms with Crippen molar-refractivity contribution in [1.82, 2.24) is 4.98 Å². The number of ether oxygens (including phenoxy) is 1. The van der Waals surface area contributed by atoms with Crippen LogP contribution in [-0.4, -0.2) is 11.6 Å². The van der Waals surface area contributed by atoms with Crippen LogP contribution in [0.1, 0.15) is 37.7 Å². The van der Waals surface area contributed by atoms with Gasteiger partial charge in [0.15, 0.2) is 0 Å². The summed E-state index contributed by atoms with van der Waals surface area (Å²) in [7, 11) is 0. The van der Waals surface area contributed by atoms with Gasteiger partial charge in [-0.3, -0.25) is 0 Å². The molecule has 2 rings (SSSR count). The Balaban J connectivity index is 2.16. The Morgan fingerprint density at radius 3 is 2.86 bits per heavy atom. The molecule has 14 heavy (non-hydrogen) atoms. The second kappa shape index (κ2) is 3.43. The summed E-state index contributed by atoms with van der Waals surface area (Å²) >= 11 is 0. The summed E-state index contributed by atoms with van der Waals surface area (Å²) in [6, 6.07) is 2.31. The molecule has 0 unspecified atom stereocenters. The summed E-state index contributed by atoms with van der Waals surface area (Å²) < 4.78 is 5.41. The minimum absolute atomic E-state index is 0.355. The summed E-state index contributed by atoms with van der Waals surface area (Å²) in [6.07, 6.45) is 2.18. The zero-order valence-corrected chi connectivity index (χ0v) is 9.31. The monoisotopic (exact) mass is 193 g/mol. The first kappa shape index (κ1) is 9.78. The van der Waals surface area contributed by atoms with E-state index >= 15 is 0 Å². The van der Waals surface area contributed by atoms with Crippen molar-refractivity contribution >= 4 is 0 Å². The van der Waals surface area contributed by atoms with Crippen LogP contribution in [0.25, 0.3) is 0 Å². The molecule has 0 amide bonds. The van der Waals surface area contributed by atoms with Crippen molar-refractivity contribution in [3.05, 3.63) is 23.0 Å². The van der Waals surface area contributed by atoms with E-state index in [-0.39, 0.29) is 0 Å². The fourth-order valence-corrected chi connectivity index (χ4v) is 1.98. The topological polar surface area (TPSA) is 25.0 Å². The maximum atomic E-state index is 5.41. The second-order valence-corrected chi connectivity index (χ2v) is 5.34. The van der Waals surface area contributed by atoms with Gasteiger partial charge in [0.2, 0.25) is 0 Å². The lowest BCUT2D eigenvalue weighted by molar-refractivity contribution is 0.108. The zero-order valence-electron chi connectivity index (χ0n) is 9.31. The van der Waals surface area contributed by atoms with Gasteiger partial charge in [-0.05, 0) is 29.9 Å². The van der Waals surface area contributed by atoms with E-state index in [1.807, 2.05) is 0 Å². The molecule has 1 aliphatic heterocycles. The third-order valence-corrected chi connectivity index (χ3v) is 2.53. The number of rotatable bonds is 1. The van der Waals surface area contributed by atoms with Gasteiger partial charge in [-0.1, -0.05) is 20.8 Å². The molecule has 0 aromatic carbocycles. The molecule has 0 bridgehead atoms. The Bertz CT molecular complexity index is 296. The van der Waals surface area contributed by atoms with Crippen LogP contribution in [0.15, 0.2) is 6.07 Å². The number of hydrogen-bond donors (Lipinski definition) is 1. The van der Waals surface area contributed by atoms with E-state index < -0.39 is 0 Å². The van der Waals surface area contributed by atoms with Crippen LogP contribution >= 0.6 is 0 Å². The molecule has 1 aromatic rings. The Labute approximate surface area is 85.7 Å². The van der Waals surface area contributed by atoms with E-state index in [9.17, 15) is 0 Å². The average molecular weight is 193 g/mol. The van der Waals surface area contributed by atoms with Gasteiger partial charge in [0.05, 0.1) is 13.2 Å². The van der Waals surface area contributed by atoms with Crippen LogP contribution in [0.4, 0.5) is 0 Å². The third-order valence-electron chi connectivity index (χ3n) is 2.53. The van der Waals surface area contributed by atoms with E-state index in [0.29, 0.717) is 5.41 Å². The van der Waals surface area contributed by atoms with Crippen molar-refractivity contribution in [3.8, 4) is 0 Å². The maximum Gasteiger partial charge on any atom is 0.0868 e. The van der Waals surface area contributed by atoms with Gasteiger partial charge in [0.1, 0.15) is 0 Å². The highest BCUT2D eigenvalue weighted by atomic mass is 16.5. The van der Waals surface area contributed by atoms with Crippen molar-refractivity contribution in [2.24, 2.45) is 5.41 Å². The number of hydrogen-bond acceptors (Lipinski definition) is 1. The highest BCUT2D eigenvalue weighted by molar-refractivity contribution is 5.27. The standard InChI is InChI=1S/C12H19NO/c1-12(2,3)7-10-6-9-4-5-14-8-11(9)13-10/h6,13H,4-5,7-8H2,1-3H3. The molecule has 0 fully saturated rings. The first-order valence-corrected chi connectivity index (χ1v) is 5.32. The molecule has 0 spiro atoms. The van der Waals surface area contributed by atoms with Crippen LogP contribution in [0.5, 0.6) is 0 Å². The Hall–Kier alpha value is -0.760. The third kappa shape index (κ3) is 2.18. The molecule has 0 radical (unpaired) electrons. The number of aromatic nitrogens is 1. The molecule has 1 aliphatic rings. The number of aromatic amines is 1. The Kier molecular flexibility index (Phi) is 2.40. The Morgan fingerprint density at radius 1 is 1.43 bits per heavy atom. The van der Waals surface area contributed by atoms with Gasteiger partial charge in [0.25, 0.3) is 0 Å². The van der Waals surface area contributed by atoms with Crippen LogP contribution < -0.4 is 0 Å². The molecule has 0 saturated heterocycles. The first-order chi connectivity index (χ1) is 6.54. The molecule has 2 heterocycles. The summed E-state index contributed by atoms with van der Waals surface area (Å²) in [5.41, 5.74) is 4.45. The molecule has 78 valence electrons. The van der Waals surface area contributed by atoms with Crippen molar-refractivity contribution in [2.75, 3.05) is 6.61 Å². The normalized spacial score (nSPS) is 16.8. The van der Waals surface area contributed by atoms with Crippen LogP contribution in [-0.2, 0) is 24.2 Å². The predicted molar refractivity (Wildman–Crippen MR) is 57.3 cm³/mol. The lowest BCUT2D eigenvalue weighted by Gasteiger charge is -2.16. The molecule has 1 aromatic heterocycles. The van der Waals surface area contributed by atoms with Crippen LogP contribution in [0.3, 0.4) is 0 Å². The van der Waals surface area contributed by atoms with Gasteiger partial charge in [-0.2, -0.15) is 0 Å². The minimum atomic E-state index is 0.355. The summed E-state index contributed by atoms with van der Waals surface area (Å²) in [5, 5.41) is 0. The van der Waals surface area contributed by atoms with Gasteiger partial charge < -0.3 is 9.72 Å². The lowest BCUT2D eigenvalue weighted by Crippen LogP contribution is -2.09. The molecular weight excluding hydrogens is 174 g/mol. The van der Waals surface area contributed by atoms with Crippen molar-refractivity contribution < 1.29 is 4.74 Å². The van der Waals surface area contributed by atoms with Gasteiger partial charge in [-0.15, -0.1) is 0 Å².